The van der Waals surface area contributed by atoms with Crippen molar-refractivity contribution in [2.45, 2.75) is 13.8 Å². The van der Waals surface area contributed by atoms with Gasteiger partial charge in [0.05, 0.1) is 6.61 Å². The Hall–Kier alpha value is -0.180. The molecule has 0 unspecified atom stereocenters. The van der Waals surface area contributed by atoms with E-state index in [1.807, 2.05) is 0 Å². The van der Waals surface area contributed by atoms with E-state index in [0.717, 1.165) is 0 Å². The van der Waals surface area contributed by atoms with Crippen molar-refractivity contribution in [1.82, 2.24) is 0 Å². The molecule has 0 heterocycles. The highest BCUT2D eigenvalue weighted by molar-refractivity contribution is 8.64. The second kappa shape index (κ2) is 4.36. The van der Waals surface area contributed by atoms with Crippen LogP contribution in [0.4, 0.5) is 0 Å². The maximum atomic E-state index is 10.7. The summed E-state index contributed by atoms with van der Waals surface area (Å²) in [7, 11) is -9.64. The van der Waals surface area contributed by atoms with Crippen molar-refractivity contribution in [2.24, 2.45) is 5.92 Å². The lowest BCUT2D eigenvalue weighted by Crippen LogP contribution is -2.20. The third-order valence-corrected chi connectivity index (χ3v) is 4.31. The lowest BCUT2D eigenvalue weighted by atomic mass is 10.2. The smallest absolute Gasteiger partial charge is 0.364 e. The molecule has 0 amide bonds. The van der Waals surface area contributed by atoms with Crippen LogP contribution in [0.15, 0.2) is 0 Å². The van der Waals surface area contributed by atoms with Crippen molar-refractivity contribution in [1.29, 1.82) is 0 Å². The molecule has 80 valence electrons. The molecule has 0 radical (unpaired) electrons. The van der Waals surface area contributed by atoms with E-state index in [2.05, 4.69) is 4.74 Å². The van der Waals surface area contributed by atoms with Crippen LogP contribution in [-0.4, -0.2) is 33.9 Å². The highest BCUT2D eigenvalue weighted by Crippen LogP contribution is 2.02. The van der Waals surface area contributed by atoms with Crippen molar-refractivity contribution in [3.63, 3.8) is 0 Å². The van der Waals surface area contributed by atoms with Crippen LogP contribution in [-0.2, 0) is 22.8 Å². The van der Waals surface area contributed by atoms with Gasteiger partial charge in [0.2, 0.25) is 0 Å². The molecule has 0 aromatic heterocycles. The van der Waals surface area contributed by atoms with Gasteiger partial charge in [-0.1, -0.05) is 13.8 Å². The minimum absolute atomic E-state index is 0.0941. The number of hydrogen-bond acceptors (Lipinski definition) is 5. The Morgan fingerprint density at radius 1 is 1.23 bits per heavy atom. The average molecular weight is 232 g/mol. The summed E-state index contributed by atoms with van der Waals surface area (Å²) in [5.41, 5.74) is 0. The minimum atomic E-state index is -5.05. The first kappa shape index (κ1) is 12.8. The van der Waals surface area contributed by atoms with Gasteiger partial charge in [-0.25, -0.2) is 8.42 Å². The molecule has 13 heavy (non-hydrogen) atoms. The highest BCUT2D eigenvalue weighted by Gasteiger charge is 2.27. The van der Waals surface area contributed by atoms with Crippen LogP contribution >= 0.6 is 0 Å². The van der Waals surface area contributed by atoms with E-state index in [-0.39, 0.29) is 12.5 Å². The van der Waals surface area contributed by atoms with Gasteiger partial charge in [-0.05, 0) is 5.92 Å². The van der Waals surface area contributed by atoms with E-state index in [0.29, 0.717) is 0 Å². The van der Waals surface area contributed by atoms with Gasteiger partial charge < -0.3 is 4.74 Å². The van der Waals surface area contributed by atoms with Crippen LogP contribution in [0.1, 0.15) is 13.8 Å². The van der Waals surface area contributed by atoms with Crippen LogP contribution in [0, 0.1) is 5.92 Å². The van der Waals surface area contributed by atoms with E-state index in [1.54, 1.807) is 13.8 Å². The van der Waals surface area contributed by atoms with Crippen molar-refractivity contribution < 1.29 is 26.1 Å². The van der Waals surface area contributed by atoms with Crippen molar-refractivity contribution in [3.8, 4) is 0 Å². The fourth-order valence-corrected chi connectivity index (χ4v) is 1.44. The number of hydrogen-bond donors (Lipinski definition) is 1. The zero-order valence-electron chi connectivity index (χ0n) is 7.30. The first-order valence-corrected chi connectivity index (χ1v) is 7.05. The molecular weight excluding hydrogens is 220 g/mol. The fourth-order valence-electron chi connectivity index (χ4n) is 0.447. The maximum absolute atomic E-state index is 10.7. The van der Waals surface area contributed by atoms with Gasteiger partial charge in [0.25, 0.3) is 0 Å². The molecular formula is C5H12O6S2. The summed E-state index contributed by atoms with van der Waals surface area (Å²) in [6, 6.07) is 0. The molecule has 0 aliphatic rings. The van der Waals surface area contributed by atoms with Crippen LogP contribution in [0.25, 0.3) is 0 Å². The van der Waals surface area contributed by atoms with Gasteiger partial charge in [0.1, 0.15) is 0 Å². The third kappa shape index (κ3) is 4.55. The van der Waals surface area contributed by atoms with E-state index in [4.69, 9.17) is 4.55 Å². The van der Waals surface area contributed by atoms with Crippen molar-refractivity contribution in [3.05, 3.63) is 0 Å². The van der Waals surface area contributed by atoms with Gasteiger partial charge >= 0.3 is 18.0 Å². The van der Waals surface area contributed by atoms with Crippen LogP contribution < -0.4 is 0 Å². The normalized spacial score (nSPS) is 13.5. The molecule has 0 aromatic carbocycles. The van der Waals surface area contributed by atoms with E-state index < -0.39 is 24.0 Å². The third-order valence-electron chi connectivity index (χ3n) is 1.000. The van der Waals surface area contributed by atoms with Crippen molar-refractivity contribution >= 4 is 18.0 Å². The van der Waals surface area contributed by atoms with Gasteiger partial charge in [0, 0.05) is 0 Å². The molecule has 1 N–H and O–H groups in total. The topological polar surface area (TPSA) is 97.7 Å². The summed E-state index contributed by atoms with van der Waals surface area (Å²) in [6.07, 6.45) is 0. The van der Waals surface area contributed by atoms with Crippen LogP contribution in [0.3, 0.4) is 0 Å². The quantitative estimate of drug-likeness (QED) is 0.522. The summed E-state index contributed by atoms with van der Waals surface area (Å²) in [5, 5.41) is 0. The molecule has 0 saturated heterocycles. The minimum Gasteiger partial charge on any atom is -0.364 e. The number of ether oxygens (including phenoxy) is 1. The highest BCUT2D eigenvalue weighted by atomic mass is 33.2. The molecule has 0 aromatic rings. The Balaban J connectivity index is 4.24. The Bertz CT molecular complexity index is 337. The molecule has 0 fully saturated rings. The number of rotatable bonds is 5. The summed E-state index contributed by atoms with van der Waals surface area (Å²) in [5.74, 6) is -0.916. The molecule has 0 rings (SSSR count). The van der Waals surface area contributed by atoms with Crippen LogP contribution in [0.2, 0.25) is 0 Å². The SMILES string of the molecule is CC(C)COCS(=O)(=O)S(=O)(=O)O. The van der Waals surface area contributed by atoms with Crippen molar-refractivity contribution in [2.75, 3.05) is 12.5 Å². The van der Waals surface area contributed by atoms with Crippen LogP contribution in [0.5, 0.6) is 0 Å². The van der Waals surface area contributed by atoms with Gasteiger partial charge in [-0.2, -0.15) is 8.42 Å². The standard InChI is InChI=1S/C5H12O6S2/c1-5(2)3-11-4-12(6,7)13(8,9)10/h5H,3-4H2,1-2H3,(H,8,9,10). The molecule has 0 spiro atoms. The average Bonchev–Trinajstić information content (AvgIpc) is 1.82. The predicted molar refractivity (Wildman–Crippen MR) is 46.1 cm³/mol. The van der Waals surface area contributed by atoms with E-state index in [9.17, 15) is 16.8 Å². The lowest BCUT2D eigenvalue weighted by molar-refractivity contribution is 0.148. The Morgan fingerprint density at radius 2 is 1.69 bits per heavy atom. The van der Waals surface area contributed by atoms with E-state index >= 15 is 0 Å². The van der Waals surface area contributed by atoms with Gasteiger partial charge in [-0.15, -0.1) is 0 Å². The molecule has 0 bridgehead atoms. The maximum Gasteiger partial charge on any atom is 0.374 e. The van der Waals surface area contributed by atoms with Gasteiger partial charge in [0.15, 0.2) is 5.94 Å². The molecule has 6 nitrogen and oxygen atoms in total. The molecule has 0 aliphatic heterocycles. The molecule has 0 aliphatic carbocycles. The summed E-state index contributed by atoms with van der Waals surface area (Å²) in [4.78, 5) is 0. The Morgan fingerprint density at radius 3 is 2.00 bits per heavy atom. The molecule has 8 heteroatoms. The zero-order chi connectivity index (χ0) is 10.7. The first-order chi connectivity index (χ1) is 5.67. The summed E-state index contributed by atoms with van der Waals surface area (Å²) >= 11 is 0. The Labute approximate surface area is 77.0 Å². The second-order valence-corrected chi connectivity index (χ2v) is 7.86. The predicted octanol–water partition coefficient (Wildman–Crippen LogP) is -0.166. The summed E-state index contributed by atoms with van der Waals surface area (Å²) < 4.78 is 54.5. The van der Waals surface area contributed by atoms with Gasteiger partial charge in [-0.3, -0.25) is 4.55 Å². The monoisotopic (exact) mass is 232 g/mol. The lowest BCUT2D eigenvalue weighted by Gasteiger charge is -2.05. The zero-order valence-corrected chi connectivity index (χ0v) is 8.93. The second-order valence-electron chi connectivity index (χ2n) is 2.87. The Kier molecular flexibility index (Phi) is 4.30. The largest absolute Gasteiger partial charge is 0.374 e. The fraction of sp³-hybridized carbons (Fsp3) is 1.00. The molecule has 0 atom stereocenters. The summed E-state index contributed by atoms with van der Waals surface area (Å²) in [6.45, 7) is 3.68. The first-order valence-electron chi connectivity index (χ1n) is 3.44. The molecule has 0 saturated carbocycles. The van der Waals surface area contributed by atoms with E-state index in [1.165, 1.54) is 0 Å².